The largest absolute Gasteiger partial charge is 0.381 e. The van der Waals surface area contributed by atoms with Crippen LogP contribution in [-0.4, -0.2) is 25.2 Å². The Labute approximate surface area is 78.8 Å². The summed E-state index contributed by atoms with van der Waals surface area (Å²) in [5.74, 6) is 0.469. The Morgan fingerprint density at radius 2 is 2.00 bits per heavy atom. The maximum atomic E-state index is 11.6. The normalized spacial score (nSPS) is 29.4. The second-order valence-electron chi connectivity index (χ2n) is 4.02. The number of hydrogen-bond donors (Lipinski definition) is 1. The summed E-state index contributed by atoms with van der Waals surface area (Å²) < 4.78 is 5.32. The fourth-order valence-electron chi connectivity index (χ4n) is 1.71. The molecule has 1 saturated heterocycles. The predicted octanol–water partition coefficient (Wildman–Crippen LogP) is 1.08. The van der Waals surface area contributed by atoms with Gasteiger partial charge in [-0.2, -0.15) is 0 Å². The molecule has 2 fully saturated rings. The van der Waals surface area contributed by atoms with E-state index in [1.165, 1.54) is 12.8 Å². The summed E-state index contributed by atoms with van der Waals surface area (Å²) in [5.41, 5.74) is 0. The predicted molar refractivity (Wildman–Crippen MR) is 49.3 cm³/mol. The number of nitrogens with one attached hydrogen (secondary N) is 1. The van der Waals surface area contributed by atoms with Gasteiger partial charge in [0.1, 0.15) is 0 Å². The number of ether oxygens (including phenoxy) is 1. The average Bonchev–Trinajstić information content (AvgIpc) is 2.87. The van der Waals surface area contributed by atoms with Crippen molar-refractivity contribution in [3.63, 3.8) is 0 Å². The highest BCUT2D eigenvalue weighted by atomic mass is 16.5. The minimum Gasteiger partial charge on any atom is -0.381 e. The summed E-state index contributed by atoms with van der Waals surface area (Å²) in [7, 11) is 0. The first-order chi connectivity index (χ1) is 6.36. The molecule has 1 atom stereocenters. The lowest BCUT2D eigenvalue weighted by molar-refractivity contribution is -0.125. The van der Waals surface area contributed by atoms with E-state index in [2.05, 4.69) is 5.32 Å². The van der Waals surface area contributed by atoms with Crippen molar-refractivity contribution in [1.82, 2.24) is 5.32 Å². The van der Waals surface area contributed by atoms with Crippen LogP contribution in [0, 0.1) is 5.92 Å². The molecule has 2 rings (SSSR count). The van der Waals surface area contributed by atoms with Crippen LogP contribution in [0.4, 0.5) is 0 Å². The maximum absolute atomic E-state index is 11.6. The molecular formula is C10H17NO2. The molecule has 13 heavy (non-hydrogen) atoms. The monoisotopic (exact) mass is 183 g/mol. The molecule has 74 valence electrons. The van der Waals surface area contributed by atoms with E-state index in [0.29, 0.717) is 6.04 Å². The first-order valence-corrected chi connectivity index (χ1v) is 5.24. The van der Waals surface area contributed by atoms with Crippen LogP contribution in [0.3, 0.4) is 0 Å². The van der Waals surface area contributed by atoms with Crippen molar-refractivity contribution < 1.29 is 9.53 Å². The van der Waals surface area contributed by atoms with Crippen LogP contribution in [0.25, 0.3) is 0 Å². The van der Waals surface area contributed by atoms with Crippen molar-refractivity contribution >= 4 is 5.91 Å². The summed E-state index contributed by atoms with van der Waals surface area (Å²) in [6.07, 6.45) is 5.28. The summed E-state index contributed by atoms with van der Waals surface area (Å²) in [5, 5.41) is 3.06. The van der Waals surface area contributed by atoms with Gasteiger partial charge in [-0.3, -0.25) is 4.79 Å². The van der Waals surface area contributed by atoms with E-state index in [0.717, 1.165) is 32.5 Å². The molecular weight excluding hydrogens is 166 g/mol. The third-order valence-electron chi connectivity index (χ3n) is 2.75. The molecule has 3 nitrogen and oxygen atoms in total. The van der Waals surface area contributed by atoms with Crippen molar-refractivity contribution in [3.05, 3.63) is 0 Å². The Hall–Kier alpha value is -0.570. The topological polar surface area (TPSA) is 38.3 Å². The van der Waals surface area contributed by atoms with Crippen LogP contribution in [0.15, 0.2) is 0 Å². The molecule has 1 aliphatic heterocycles. The number of amides is 1. The first kappa shape index (κ1) is 9.00. The summed E-state index contributed by atoms with van der Waals surface area (Å²) >= 11 is 0. The Balaban J connectivity index is 1.78. The Kier molecular flexibility index (Phi) is 2.83. The Morgan fingerprint density at radius 1 is 1.15 bits per heavy atom. The van der Waals surface area contributed by atoms with Gasteiger partial charge in [-0.15, -0.1) is 0 Å². The smallest absolute Gasteiger partial charge is 0.223 e. The number of rotatable bonds is 2. The molecule has 0 bridgehead atoms. The van der Waals surface area contributed by atoms with Crippen LogP contribution in [-0.2, 0) is 9.53 Å². The van der Waals surface area contributed by atoms with Crippen molar-refractivity contribution in [3.8, 4) is 0 Å². The molecule has 1 amide bonds. The second-order valence-corrected chi connectivity index (χ2v) is 4.02. The van der Waals surface area contributed by atoms with E-state index in [1.54, 1.807) is 0 Å². The van der Waals surface area contributed by atoms with Crippen molar-refractivity contribution in [2.45, 2.75) is 38.1 Å². The van der Waals surface area contributed by atoms with Crippen molar-refractivity contribution in [1.29, 1.82) is 0 Å². The zero-order valence-corrected chi connectivity index (χ0v) is 7.92. The van der Waals surface area contributed by atoms with Gasteiger partial charge in [-0.25, -0.2) is 0 Å². The van der Waals surface area contributed by atoms with Crippen molar-refractivity contribution in [2.24, 2.45) is 5.92 Å². The zero-order valence-electron chi connectivity index (χ0n) is 7.92. The molecule has 2 aliphatic rings. The van der Waals surface area contributed by atoms with Crippen LogP contribution in [0.2, 0.25) is 0 Å². The zero-order chi connectivity index (χ0) is 9.10. The van der Waals surface area contributed by atoms with Crippen LogP contribution < -0.4 is 5.32 Å². The minimum absolute atomic E-state index is 0.211. The maximum Gasteiger partial charge on any atom is 0.223 e. The summed E-state index contributed by atoms with van der Waals surface area (Å²) in [6, 6.07) is 0.497. The second kappa shape index (κ2) is 4.09. The Morgan fingerprint density at radius 3 is 2.77 bits per heavy atom. The fraction of sp³-hybridized carbons (Fsp3) is 0.900. The SMILES string of the molecule is O=C(NC1CC1)C1CCCOCC1. The van der Waals surface area contributed by atoms with Gasteiger partial charge in [-0.1, -0.05) is 0 Å². The standard InChI is InChI=1S/C10H17NO2/c12-10(11-9-3-4-9)8-2-1-6-13-7-5-8/h8-9H,1-7H2,(H,11,12). The molecule has 0 spiro atoms. The van der Waals surface area contributed by atoms with Gasteiger partial charge in [0.15, 0.2) is 0 Å². The lowest BCUT2D eigenvalue weighted by Crippen LogP contribution is -2.32. The molecule has 1 N–H and O–H groups in total. The molecule has 0 aromatic heterocycles. The van der Waals surface area contributed by atoms with E-state index >= 15 is 0 Å². The van der Waals surface area contributed by atoms with Gasteiger partial charge in [0.05, 0.1) is 0 Å². The molecule has 1 heterocycles. The van der Waals surface area contributed by atoms with E-state index in [-0.39, 0.29) is 11.8 Å². The van der Waals surface area contributed by atoms with Gasteiger partial charge in [0, 0.05) is 25.2 Å². The highest BCUT2D eigenvalue weighted by Crippen LogP contribution is 2.21. The van der Waals surface area contributed by atoms with Gasteiger partial charge < -0.3 is 10.1 Å². The van der Waals surface area contributed by atoms with Crippen LogP contribution in [0.5, 0.6) is 0 Å². The average molecular weight is 183 g/mol. The molecule has 1 aliphatic carbocycles. The van der Waals surface area contributed by atoms with Gasteiger partial charge in [0.2, 0.25) is 5.91 Å². The number of carbonyl (C=O) groups is 1. The molecule has 0 radical (unpaired) electrons. The molecule has 0 aromatic rings. The Bertz CT molecular complexity index is 181. The third-order valence-corrected chi connectivity index (χ3v) is 2.75. The molecule has 3 heteroatoms. The molecule has 0 aromatic carbocycles. The number of hydrogen-bond acceptors (Lipinski definition) is 2. The van der Waals surface area contributed by atoms with E-state index < -0.39 is 0 Å². The highest BCUT2D eigenvalue weighted by molar-refractivity contribution is 5.79. The first-order valence-electron chi connectivity index (χ1n) is 5.24. The van der Waals surface area contributed by atoms with E-state index in [4.69, 9.17) is 4.74 Å². The van der Waals surface area contributed by atoms with E-state index in [9.17, 15) is 4.79 Å². The minimum atomic E-state index is 0.211. The number of carbonyl (C=O) groups excluding carboxylic acids is 1. The van der Waals surface area contributed by atoms with Gasteiger partial charge >= 0.3 is 0 Å². The summed E-state index contributed by atoms with van der Waals surface area (Å²) in [4.78, 5) is 11.6. The van der Waals surface area contributed by atoms with Crippen LogP contribution in [0.1, 0.15) is 32.1 Å². The third kappa shape index (κ3) is 2.69. The van der Waals surface area contributed by atoms with Crippen LogP contribution >= 0.6 is 0 Å². The quantitative estimate of drug-likeness (QED) is 0.695. The summed E-state index contributed by atoms with van der Waals surface area (Å²) in [6.45, 7) is 1.58. The highest BCUT2D eigenvalue weighted by Gasteiger charge is 2.27. The lowest BCUT2D eigenvalue weighted by atomic mass is 10.00. The fourth-order valence-corrected chi connectivity index (χ4v) is 1.71. The van der Waals surface area contributed by atoms with E-state index in [1.807, 2.05) is 0 Å². The molecule has 1 saturated carbocycles. The molecule has 1 unspecified atom stereocenters. The van der Waals surface area contributed by atoms with Gasteiger partial charge in [-0.05, 0) is 32.1 Å². The van der Waals surface area contributed by atoms with Crippen molar-refractivity contribution in [2.75, 3.05) is 13.2 Å². The lowest BCUT2D eigenvalue weighted by Gasteiger charge is -2.12. The van der Waals surface area contributed by atoms with Gasteiger partial charge in [0.25, 0.3) is 0 Å².